The van der Waals surface area contributed by atoms with Crippen molar-refractivity contribution in [3.8, 4) is 0 Å². The van der Waals surface area contributed by atoms with Gasteiger partial charge in [-0.15, -0.1) is 0 Å². The van der Waals surface area contributed by atoms with Crippen LogP contribution < -0.4 is 4.90 Å². The van der Waals surface area contributed by atoms with Gasteiger partial charge in [0.2, 0.25) is 0 Å². The number of aliphatic carboxylic acids is 1. The molecule has 1 saturated heterocycles. The van der Waals surface area contributed by atoms with Crippen LogP contribution in [-0.2, 0) is 27.1 Å². The van der Waals surface area contributed by atoms with Gasteiger partial charge in [0.15, 0.2) is 0 Å². The number of ether oxygens (including phenoxy) is 2. The van der Waals surface area contributed by atoms with Crippen LogP contribution in [0.5, 0.6) is 0 Å². The second kappa shape index (κ2) is 9.56. The lowest BCUT2D eigenvalue weighted by atomic mass is 9.85. The number of hydrogen-bond acceptors (Lipinski definition) is 5. The highest BCUT2D eigenvalue weighted by molar-refractivity contribution is 5.95. The predicted octanol–water partition coefficient (Wildman–Crippen LogP) is 4.87. The van der Waals surface area contributed by atoms with E-state index in [-0.39, 0.29) is 30.2 Å². The Kier molecular flexibility index (Phi) is 6.51. The first-order chi connectivity index (χ1) is 16.5. The molecule has 1 saturated carbocycles. The van der Waals surface area contributed by atoms with E-state index in [1.54, 1.807) is 4.90 Å². The van der Waals surface area contributed by atoms with Crippen LogP contribution in [0.15, 0.2) is 12.1 Å². The zero-order chi connectivity index (χ0) is 23.8. The van der Waals surface area contributed by atoms with Gasteiger partial charge in [0, 0.05) is 30.7 Å². The zero-order valence-corrected chi connectivity index (χ0v) is 20.2. The molecule has 0 spiro atoms. The molecular weight excluding hydrogens is 434 g/mol. The van der Waals surface area contributed by atoms with Crippen molar-refractivity contribution in [1.29, 1.82) is 0 Å². The van der Waals surface area contributed by atoms with Crippen molar-refractivity contribution in [2.75, 3.05) is 18.6 Å². The Labute approximate surface area is 200 Å². The van der Waals surface area contributed by atoms with Crippen molar-refractivity contribution in [2.45, 2.75) is 89.3 Å². The Morgan fingerprint density at radius 3 is 2.79 bits per heavy atom. The molecular formula is C26H35N3O5. The summed E-state index contributed by atoms with van der Waals surface area (Å²) in [5.41, 5.74) is 3.96. The highest BCUT2D eigenvalue weighted by Gasteiger charge is 2.34. The molecule has 184 valence electrons. The SMILES string of the molecule is COC(=O)N1c2ccc3c(nc(CC[C@@H]4CCCO4)n3[C@@H]3CCCC(C(=O)O)C3)c2CC[C@@H]1C. The summed E-state index contributed by atoms with van der Waals surface area (Å²) in [6.45, 7) is 2.88. The number of anilines is 1. The summed E-state index contributed by atoms with van der Waals surface area (Å²) >= 11 is 0. The fourth-order valence-corrected chi connectivity index (χ4v) is 6.19. The third-order valence-electron chi connectivity index (χ3n) is 7.97. The van der Waals surface area contributed by atoms with Gasteiger partial charge in [0.05, 0.1) is 35.9 Å². The zero-order valence-electron chi connectivity index (χ0n) is 20.2. The van der Waals surface area contributed by atoms with E-state index >= 15 is 0 Å². The second-order valence-corrected chi connectivity index (χ2v) is 10.1. The summed E-state index contributed by atoms with van der Waals surface area (Å²) in [4.78, 5) is 31.2. The Morgan fingerprint density at radius 2 is 2.06 bits per heavy atom. The number of carboxylic acids is 1. The minimum absolute atomic E-state index is 0.0631. The van der Waals surface area contributed by atoms with E-state index in [2.05, 4.69) is 10.6 Å². The number of hydrogen-bond donors (Lipinski definition) is 1. The van der Waals surface area contributed by atoms with Gasteiger partial charge in [-0.2, -0.15) is 0 Å². The average molecular weight is 470 g/mol. The van der Waals surface area contributed by atoms with Crippen LogP contribution in [0.4, 0.5) is 10.5 Å². The number of carboxylic acid groups (broad SMARTS) is 1. The lowest BCUT2D eigenvalue weighted by molar-refractivity contribution is -0.143. The quantitative estimate of drug-likeness (QED) is 0.671. The summed E-state index contributed by atoms with van der Waals surface area (Å²) < 4.78 is 13.3. The van der Waals surface area contributed by atoms with Crippen molar-refractivity contribution >= 4 is 28.8 Å². The fraction of sp³-hybridized carbons (Fsp3) is 0.654. The van der Waals surface area contributed by atoms with Crippen molar-refractivity contribution < 1.29 is 24.2 Å². The number of carbonyl (C=O) groups excluding carboxylic acids is 1. The first-order valence-electron chi connectivity index (χ1n) is 12.7. The van der Waals surface area contributed by atoms with Crippen molar-refractivity contribution in [3.63, 3.8) is 0 Å². The Balaban J connectivity index is 1.57. The van der Waals surface area contributed by atoms with Crippen molar-refractivity contribution in [2.24, 2.45) is 5.92 Å². The fourth-order valence-electron chi connectivity index (χ4n) is 6.19. The molecule has 1 aromatic heterocycles. The lowest BCUT2D eigenvalue weighted by Gasteiger charge is -2.34. The van der Waals surface area contributed by atoms with Gasteiger partial charge >= 0.3 is 12.1 Å². The third-order valence-corrected chi connectivity index (χ3v) is 7.97. The number of benzene rings is 1. The first kappa shape index (κ1) is 23.1. The molecule has 0 radical (unpaired) electrons. The van der Waals surface area contributed by atoms with E-state index in [0.717, 1.165) is 92.5 Å². The van der Waals surface area contributed by atoms with Gasteiger partial charge in [-0.25, -0.2) is 9.78 Å². The van der Waals surface area contributed by atoms with Gasteiger partial charge in [-0.3, -0.25) is 9.69 Å². The molecule has 3 aliphatic rings. The van der Waals surface area contributed by atoms with Crippen LogP contribution in [-0.4, -0.2) is 52.6 Å². The first-order valence-corrected chi connectivity index (χ1v) is 12.7. The molecule has 4 atom stereocenters. The molecule has 8 heteroatoms. The number of aryl methyl sites for hydroxylation is 2. The molecule has 1 amide bonds. The molecule has 1 N–H and O–H groups in total. The molecule has 34 heavy (non-hydrogen) atoms. The molecule has 5 rings (SSSR count). The number of fused-ring (bicyclic) bond motifs is 3. The summed E-state index contributed by atoms with van der Waals surface area (Å²) in [5, 5.41) is 9.68. The molecule has 2 aliphatic heterocycles. The summed E-state index contributed by atoms with van der Waals surface area (Å²) in [7, 11) is 1.42. The molecule has 8 nitrogen and oxygen atoms in total. The van der Waals surface area contributed by atoms with Crippen LogP contribution in [0.25, 0.3) is 11.0 Å². The van der Waals surface area contributed by atoms with Gasteiger partial charge in [-0.1, -0.05) is 6.42 Å². The predicted molar refractivity (Wildman–Crippen MR) is 128 cm³/mol. The Bertz CT molecular complexity index is 1070. The number of aromatic nitrogens is 2. The normalized spacial score (nSPS) is 27.1. The van der Waals surface area contributed by atoms with Gasteiger partial charge in [0.1, 0.15) is 5.82 Å². The van der Waals surface area contributed by atoms with Gasteiger partial charge in [0.25, 0.3) is 0 Å². The number of carbonyl (C=O) groups is 2. The molecule has 1 unspecified atom stereocenters. The number of imidazole rings is 1. The van der Waals surface area contributed by atoms with E-state index in [1.165, 1.54) is 7.11 Å². The summed E-state index contributed by atoms with van der Waals surface area (Å²) in [6.07, 6.45) is 8.81. The smallest absolute Gasteiger partial charge is 0.414 e. The monoisotopic (exact) mass is 469 g/mol. The lowest BCUT2D eigenvalue weighted by Crippen LogP contribution is -2.42. The molecule has 1 aliphatic carbocycles. The van der Waals surface area contributed by atoms with E-state index in [4.69, 9.17) is 14.5 Å². The van der Waals surface area contributed by atoms with E-state index < -0.39 is 5.97 Å². The number of methoxy groups -OCH3 is 1. The second-order valence-electron chi connectivity index (χ2n) is 10.1. The van der Waals surface area contributed by atoms with E-state index in [0.29, 0.717) is 6.42 Å². The number of nitrogens with zero attached hydrogens (tertiary/aromatic N) is 3. The van der Waals surface area contributed by atoms with Crippen molar-refractivity contribution in [3.05, 3.63) is 23.5 Å². The van der Waals surface area contributed by atoms with Crippen LogP contribution in [0.1, 0.15) is 75.7 Å². The van der Waals surface area contributed by atoms with E-state index in [9.17, 15) is 14.7 Å². The number of rotatable bonds is 5. The van der Waals surface area contributed by atoms with Crippen LogP contribution >= 0.6 is 0 Å². The largest absolute Gasteiger partial charge is 0.481 e. The number of amides is 1. The Morgan fingerprint density at radius 1 is 1.21 bits per heavy atom. The molecule has 2 fully saturated rings. The topological polar surface area (TPSA) is 93.9 Å². The maximum absolute atomic E-state index is 12.6. The molecule has 3 heterocycles. The highest BCUT2D eigenvalue weighted by Crippen LogP contribution is 2.41. The molecule has 1 aromatic carbocycles. The average Bonchev–Trinajstić information content (AvgIpc) is 3.49. The standard InChI is InChI=1S/C26H35N3O5/c1-16-8-10-20-21(28(16)26(32)33-2)11-12-22-24(20)27-23(13-9-19-7-4-14-34-19)29(22)18-6-3-5-17(15-18)25(30)31/h11-12,16-19H,3-10,13-15H2,1-2H3,(H,30,31)/t16-,17?,18+,19-/m0/s1. The highest BCUT2D eigenvalue weighted by atomic mass is 16.5. The molecule has 2 aromatic rings. The summed E-state index contributed by atoms with van der Waals surface area (Å²) in [5.74, 6) is 0.00352. The van der Waals surface area contributed by atoms with E-state index in [1.807, 2.05) is 13.0 Å². The maximum Gasteiger partial charge on any atom is 0.414 e. The third kappa shape index (κ3) is 4.17. The van der Waals surface area contributed by atoms with Crippen LogP contribution in [0.2, 0.25) is 0 Å². The van der Waals surface area contributed by atoms with Crippen molar-refractivity contribution in [1.82, 2.24) is 9.55 Å². The van der Waals surface area contributed by atoms with Crippen LogP contribution in [0.3, 0.4) is 0 Å². The molecule has 0 bridgehead atoms. The minimum Gasteiger partial charge on any atom is -0.481 e. The maximum atomic E-state index is 12.6. The van der Waals surface area contributed by atoms with Gasteiger partial charge < -0.3 is 19.1 Å². The van der Waals surface area contributed by atoms with Gasteiger partial charge in [-0.05, 0) is 70.4 Å². The van der Waals surface area contributed by atoms with Crippen LogP contribution in [0, 0.1) is 5.92 Å². The Hall–Kier alpha value is -2.61. The summed E-state index contributed by atoms with van der Waals surface area (Å²) in [6, 6.07) is 4.27. The minimum atomic E-state index is -0.699.